The summed E-state index contributed by atoms with van der Waals surface area (Å²) in [5, 5.41) is 19.9. The fourth-order valence-corrected chi connectivity index (χ4v) is 2.69. The third-order valence-electron chi connectivity index (χ3n) is 3.99. The van der Waals surface area contributed by atoms with Crippen molar-refractivity contribution in [2.45, 2.75) is 52.8 Å². The Hall–Kier alpha value is -2.89. The van der Waals surface area contributed by atoms with E-state index in [0.717, 1.165) is 17.0 Å². The first-order valence-electron chi connectivity index (χ1n) is 10.4. The van der Waals surface area contributed by atoms with Gasteiger partial charge in [0.25, 0.3) is 5.69 Å². The van der Waals surface area contributed by atoms with Crippen LogP contribution in [0.5, 0.6) is 5.75 Å². The predicted molar refractivity (Wildman–Crippen MR) is 141 cm³/mol. The maximum Gasteiger partial charge on any atom is 0.269 e. The molecule has 10 heteroatoms. The van der Waals surface area contributed by atoms with Crippen molar-refractivity contribution in [3.63, 3.8) is 0 Å². The maximum absolute atomic E-state index is 12.2. The number of hydrogen-bond donors (Lipinski definition) is 3. The molecule has 0 radical (unpaired) electrons. The summed E-state index contributed by atoms with van der Waals surface area (Å²) in [6.07, 6.45) is 0.0793. The van der Waals surface area contributed by atoms with Gasteiger partial charge in [-0.3, -0.25) is 14.9 Å². The molecule has 0 aliphatic carbocycles. The van der Waals surface area contributed by atoms with Crippen molar-refractivity contribution in [1.82, 2.24) is 10.6 Å². The van der Waals surface area contributed by atoms with Crippen LogP contribution >= 0.6 is 24.0 Å². The minimum Gasteiger partial charge on any atom is -0.491 e. The summed E-state index contributed by atoms with van der Waals surface area (Å²) in [5.74, 6) is 1.00. The number of nitro benzene ring substituents is 1. The largest absolute Gasteiger partial charge is 0.491 e. The highest BCUT2D eigenvalue weighted by Crippen LogP contribution is 2.17. The van der Waals surface area contributed by atoms with Crippen molar-refractivity contribution >= 4 is 47.2 Å². The van der Waals surface area contributed by atoms with Gasteiger partial charge in [-0.15, -0.1) is 24.0 Å². The van der Waals surface area contributed by atoms with Crippen LogP contribution in [-0.4, -0.2) is 35.0 Å². The predicted octanol–water partition coefficient (Wildman–Crippen LogP) is 4.47. The zero-order valence-electron chi connectivity index (χ0n) is 19.5. The Morgan fingerprint density at radius 3 is 2.21 bits per heavy atom. The molecule has 180 valence electrons. The molecule has 0 heterocycles. The molecule has 0 aliphatic rings. The van der Waals surface area contributed by atoms with E-state index in [1.807, 2.05) is 58.9 Å². The number of hydrogen-bond acceptors (Lipinski definition) is 5. The maximum atomic E-state index is 12.2. The molecule has 0 saturated heterocycles. The molecule has 33 heavy (non-hydrogen) atoms. The first-order chi connectivity index (χ1) is 15.0. The van der Waals surface area contributed by atoms with Gasteiger partial charge in [0, 0.05) is 23.4 Å². The molecule has 0 aromatic heterocycles. The summed E-state index contributed by atoms with van der Waals surface area (Å²) < 4.78 is 5.66. The monoisotopic (exact) mass is 569 g/mol. The number of amides is 1. The quantitative estimate of drug-likeness (QED) is 0.142. The molecule has 0 spiro atoms. The molecule has 1 amide bonds. The van der Waals surface area contributed by atoms with Crippen molar-refractivity contribution in [3.05, 3.63) is 64.2 Å². The Morgan fingerprint density at radius 1 is 1.09 bits per heavy atom. The Morgan fingerprint density at radius 2 is 1.70 bits per heavy atom. The number of benzene rings is 2. The first-order valence-corrected chi connectivity index (χ1v) is 10.4. The molecule has 2 rings (SSSR count). The molecule has 0 saturated carbocycles. The zero-order chi connectivity index (χ0) is 23.7. The number of halogens is 1. The van der Waals surface area contributed by atoms with Crippen molar-refractivity contribution in [2.75, 3.05) is 11.9 Å². The average Bonchev–Trinajstić information content (AvgIpc) is 2.70. The van der Waals surface area contributed by atoms with Crippen molar-refractivity contribution < 1.29 is 14.5 Å². The van der Waals surface area contributed by atoms with Crippen LogP contribution in [0.15, 0.2) is 53.5 Å². The molecule has 0 aliphatic heterocycles. The second-order valence-electron chi connectivity index (χ2n) is 8.56. The molecule has 2 aromatic rings. The van der Waals surface area contributed by atoms with Gasteiger partial charge in [0.2, 0.25) is 5.91 Å². The van der Waals surface area contributed by atoms with Crippen LogP contribution in [0.3, 0.4) is 0 Å². The Balaban J connectivity index is 0.00000544. The number of nitrogens with zero attached hydrogens (tertiary/aromatic N) is 2. The third-order valence-corrected chi connectivity index (χ3v) is 3.99. The summed E-state index contributed by atoms with van der Waals surface area (Å²) in [4.78, 5) is 27.1. The van der Waals surface area contributed by atoms with Gasteiger partial charge >= 0.3 is 0 Å². The molecule has 0 atom stereocenters. The van der Waals surface area contributed by atoms with E-state index >= 15 is 0 Å². The number of aliphatic imine (C=N–C) groups is 1. The molecule has 0 fully saturated rings. The Bertz CT molecular complexity index is 939. The fraction of sp³-hybridized carbons (Fsp3) is 0.391. The lowest BCUT2D eigenvalue weighted by Crippen LogP contribution is -2.46. The highest BCUT2D eigenvalue weighted by molar-refractivity contribution is 14.0. The summed E-state index contributed by atoms with van der Waals surface area (Å²) >= 11 is 0. The number of nitrogens with one attached hydrogen (secondary N) is 3. The summed E-state index contributed by atoms with van der Waals surface area (Å²) in [7, 11) is 0. The van der Waals surface area contributed by atoms with Crippen LogP contribution in [0.2, 0.25) is 0 Å². The summed E-state index contributed by atoms with van der Waals surface area (Å²) in [5.41, 5.74) is 1.26. The minimum atomic E-state index is -0.442. The lowest BCUT2D eigenvalue weighted by molar-refractivity contribution is -0.384. The van der Waals surface area contributed by atoms with E-state index in [1.165, 1.54) is 12.1 Å². The van der Waals surface area contributed by atoms with E-state index in [9.17, 15) is 14.9 Å². The molecule has 9 nitrogen and oxygen atoms in total. The number of ether oxygens (including phenoxy) is 1. The van der Waals surface area contributed by atoms with Crippen LogP contribution in [-0.2, 0) is 11.3 Å². The number of carbonyl (C=O) groups excluding carboxylic acids is 1. The lowest BCUT2D eigenvalue weighted by Gasteiger charge is -2.21. The minimum absolute atomic E-state index is 0. The number of guanidine groups is 1. The number of non-ortho nitro benzene ring substituents is 1. The van der Waals surface area contributed by atoms with Gasteiger partial charge in [-0.2, -0.15) is 0 Å². The average molecular weight is 569 g/mol. The van der Waals surface area contributed by atoms with E-state index in [2.05, 4.69) is 20.9 Å². The number of anilines is 1. The Kier molecular flexibility index (Phi) is 11.1. The normalized spacial score (nSPS) is 11.4. The van der Waals surface area contributed by atoms with Gasteiger partial charge in [-0.05, 0) is 64.4 Å². The SMILES string of the molecule is CC(C)Oc1ccc(NC(=NCc2ccc([N+](=O)[O-])cc2)NCC(=O)NC(C)(C)C)cc1.I. The van der Waals surface area contributed by atoms with E-state index in [0.29, 0.717) is 5.96 Å². The number of carbonyl (C=O) groups is 1. The van der Waals surface area contributed by atoms with Crippen LogP contribution in [0.1, 0.15) is 40.2 Å². The first kappa shape index (κ1) is 28.1. The topological polar surface area (TPSA) is 118 Å². The summed E-state index contributed by atoms with van der Waals surface area (Å²) in [6, 6.07) is 13.6. The van der Waals surface area contributed by atoms with E-state index in [-0.39, 0.29) is 60.3 Å². The fourth-order valence-electron chi connectivity index (χ4n) is 2.69. The van der Waals surface area contributed by atoms with Gasteiger partial charge in [-0.25, -0.2) is 4.99 Å². The highest BCUT2D eigenvalue weighted by atomic mass is 127. The van der Waals surface area contributed by atoms with E-state index in [4.69, 9.17) is 4.74 Å². The molecule has 0 bridgehead atoms. The van der Waals surface area contributed by atoms with Crippen LogP contribution < -0.4 is 20.7 Å². The van der Waals surface area contributed by atoms with Crippen molar-refractivity contribution in [1.29, 1.82) is 0 Å². The van der Waals surface area contributed by atoms with Crippen LogP contribution in [0.25, 0.3) is 0 Å². The number of rotatable bonds is 8. The second kappa shape index (κ2) is 13.0. The van der Waals surface area contributed by atoms with E-state index in [1.54, 1.807) is 12.1 Å². The standard InChI is InChI=1S/C23H31N5O4.HI/c1-16(2)32-20-12-8-18(9-13-20)26-22(25-15-21(29)27-23(3,4)5)24-14-17-6-10-19(11-7-17)28(30)31;/h6-13,16H,14-15H2,1-5H3,(H,27,29)(H2,24,25,26);1H. The Labute approximate surface area is 211 Å². The van der Waals surface area contributed by atoms with Gasteiger partial charge in [-0.1, -0.05) is 12.1 Å². The van der Waals surface area contributed by atoms with Crippen LogP contribution in [0, 0.1) is 10.1 Å². The molecular formula is C23H32IN5O4. The van der Waals surface area contributed by atoms with Gasteiger partial charge in [0.15, 0.2) is 5.96 Å². The lowest BCUT2D eigenvalue weighted by atomic mass is 10.1. The molecule has 3 N–H and O–H groups in total. The van der Waals surface area contributed by atoms with Gasteiger partial charge in [0.1, 0.15) is 5.75 Å². The van der Waals surface area contributed by atoms with E-state index < -0.39 is 4.92 Å². The van der Waals surface area contributed by atoms with Crippen molar-refractivity contribution in [3.8, 4) is 5.75 Å². The second-order valence-corrected chi connectivity index (χ2v) is 8.56. The van der Waals surface area contributed by atoms with Gasteiger partial charge in [0.05, 0.1) is 24.1 Å². The highest BCUT2D eigenvalue weighted by Gasteiger charge is 2.14. The molecule has 0 unspecified atom stereocenters. The summed E-state index contributed by atoms with van der Waals surface area (Å²) in [6.45, 7) is 9.97. The molecule has 2 aromatic carbocycles. The van der Waals surface area contributed by atoms with Crippen molar-refractivity contribution in [2.24, 2.45) is 4.99 Å². The van der Waals surface area contributed by atoms with Crippen LogP contribution in [0.4, 0.5) is 11.4 Å². The number of nitro groups is 1. The molecular weight excluding hydrogens is 537 g/mol. The third kappa shape index (κ3) is 11.0. The smallest absolute Gasteiger partial charge is 0.269 e. The zero-order valence-corrected chi connectivity index (χ0v) is 21.9. The van der Waals surface area contributed by atoms with Gasteiger partial charge < -0.3 is 20.7 Å².